The van der Waals surface area contributed by atoms with Crippen molar-refractivity contribution in [3.8, 4) is 0 Å². The quantitative estimate of drug-likeness (QED) is 0.297. The smallest absolute Gasteiger partial charge is 0.115 e. The first-order chi connectivity index (χ1) is 8.47. The number of aliphatic hydroxyl groups excluding tert-OH is 6. The predicted molar refractivity (Wildman–Crippen MR) is 55.5 cm³/mol. The number of hydrogen-bond acceptors (Lipinski definition) is 8. The third-order valence-corrected chi connectivity index (χ3v) is 3.44. The van der Waals surface area contributed by atoms with Gasteiger partial charge in [-0.3, -0.25) is 0 Å². The summed E-state index contributed by atoms with van der Waals surface area (Å²) in [6.45, 7) is -0.696. The van der Waals surface area contributed by atoms with Gasteiger partial charge in [-0.1, -0.05) is 0 Å². The molecule has 2 aliphatic rings. The number of rotatable bonds is 2. The number of ether oxygens (including phenoxy) is 2. The minimum Gasteiger partial charge on any atom is -0.394 e. The fourth-order valence-corrected chi connectivity index (χ4v) is 2.32. The molecular weight excluding hydrogens is 248 g/mol. The molecule has 0 unspecified atom stereocenters. The lowest BCUT2D eigenvalue weighted by molar-refractivity contribution is -0.223. The van der Waals surface area contributed by atoms with Gasteiger partial charge in [-0.15, -0.1) is 0 Å². The van der Waals surface area contributed by atoms with Crippen molar-refractivity contribution in [1.82, 2.24) is 0 Å². The van der Waals surface area contributed by atoms with Crippen LogP contribution in [-0.4, -0.2) is 92.7 Å². The molecule has 2 rings (SSSR count). The summed E-state index contributed by atoms with van der Waals surface area (Å²) in [7, 11) is 0. The minimum absolute atomic E-state index is 0.213. The number of hydrogen-bond donors (Lipinski definition) is 6. The van der Waals surface area contributed by atoms with E-state index in [1.165, 1.54) is 0 Å². The van der Waals surface area contributed by atoms with Crippen molar-refractivity contribution in [3.63, 3.8) is 0 Å². The fraction of sp³-hybridized carbons (Fsp3) is 1.00. The average Bonchev–Trinajstić information content (AvgIpc) is 2.64. The van der Waals surface area contributed by atoms with Gasteiger partial charge in [0.25, 0.3) is 0 Å². The summed E-state index contributed by atoms with van der Waals surface area (Å²) in [5.74, 6) is 0. The molecule has 106 valence electrons. The predicted octanol–water partition coefficient (Wildman–Crippen LogP) is -4.05. The largest absolute Gasteiger partial charge is 0.394 e. The van der Waals surface area contributed by atoms with Gasteiger partial charge in [-0.2, -0.15) is 0 Å². The third-order valence-electron chi connectivity index (χ3n) is 3.44. The minimum atomic E-state index is -1.45. The lowest BCUT2D eigenvalue weighted by atomic mass is 9.93. The van der Waals surface area contributed by atoms with Crippen LogP contribution < -0.4 is 0 Å². The van der Waals surface area contributed by atoms with E-state index in [1.54, 1.807) is 0 Å². The molecular formula is C10H18O8. The molecule has 2 heterocycles. The maximum absolute atomic E-state index is 9.76. The zero-order chi connectivity index (χ0) is 13.4. The average molecular weight is 266 g/mol. The molecule has 2 aliphatic heterocycles. The van der Waals surface area contributed by atoms with Crippen LogP contribution in [0.5, 0.6) is 0 Å². The summed E-state index contributed by atoms with van der Waals surface area (Å²) in [6.07, 6.45) is -9.83. The molecule has 0 aromatic rings. The SMILES string of the molecule is OC[C@H]1O[C@@H]([C@@H]2OC[C@@H](O)[C@@H](O)[C@H]2O)[C@H](O)[C@@H]1O. The third kappa shape index (κ3) is 2.26. The highest BCUT2D eigenvalue weighted by Gasteiger charge is 2.51. The van der Waals surface area contributed by atoms with Crippen LogP contribution in [-0.2, 0) is 9.47 Å². The normalized spacial score (nSPS) is 53.7. The summed E-state index contributed by atoms with van der Waals surface area (Å²) in [5.41, 5.74) is 0. The van der Waals surface area contributed by atoms with Gasteiger partial charge in [0, 0.05) is 0 Å². The molecule has 0 aromatic carbocycles. The molecule has 2 saturated heterocycles. The molecule has 0 aromatic heterocycles. The van der Waals surface area contributed by atoms with Crippen LogP contribution in [0.1, 0.15) is 0 Å². The summed E-state index contributed by atoms with van der Waals surface area (Å²) in [5, 5.41) is 56.9. The van der Waals surface area contributed by atoms with Crippen LogP contribution in [0.15, 0.2) is 0 Å². The van der Waals surface area contributed by atoms with Gasteiger partial charge in [0.1, 0.15) is 48.8 Å². The Balaban J connectivity index is 2.08. The van der Waals surface area contributed by atoms with E-state index >= 15 is 0 Å². The summed E-state index contributed by atoms with van der Waals surface area (Å²) in [6, 6.07) is 0. The van der Waals surface area contributed by atoms with Crippen LogP contribution >= 0.6 is 0 Å². The van der Waals surface area contributed by atoms with E-state index in [2.05, 4.69) is 0 Å². The Morgan fingerprint density at radius 2 is 1.44 bits per heavy atom. The zero-order valence-corrected chi connectivity index (χ0v) is 9.53. The molecule has 0 aliphatic carbocycles. The van der Waals surface area contributed by atoms with Gasteiger partial charge in [0.05, 0.1) is 13.2 Å². The van der Waals surface area contributed by atoms with Crippen LogP contribution in [0.2, 0.25) is 0 Å². The van der Waals surface area contributed by atoms with Gasteiger partial charge in [-0.25, -0.2) is 0 Å². The molecule has 0 amide bonds. The summed E-state index contributed by atoms with van der Waals surface area (Å²) < 4.78 is 10.3. The lowest BCUT2D eigenvalue weighted by Crippen LogP contribution is -2.58. The van der Waals surface area contributed by atoms with Crippen molar-refractivity contribution in [1.29, 1.82) is 0 Å². The topological polar surface area (TPSA) is 140 Å². The van der Waals surface area contributed by atoms with Crippen molar-refractivity contribution in [2.75, 3.05) is 13.2 Å². The Morgan fingerprint density at radius 1 is 0.833 bits per heavy atom. The first-order valence-electron chi connectivity index (χ1n) is 5.75. The second-order valence-electron chi connectivity index (χ2n) is 4.65. The van der Waals surface area contributed by atoms with Gasteiger partial charge < -0.3 is 40.1 Å². The zero-order valence-electron chi connectivity index (χ0n) is 9.53. The highest BCUT2D eigenvalue weighted by atomic mass is 16.6. The molecule has 8 atom stereocenters. The molecule has 8 nitrogen and oxygen atoms in total. The van der Waals surface area contributed by atoms with Gasteiger partial charge in [0.2, 0.25) is 0 Å². The lowest BCUT2D eigenvalue weighted by Gasteiger charge is -2.38. The Labute approximate surface area is 103 Å². The van der Waals surface area contributed by atoms with Crippen LogP contribution in [0, 0.1) is 0 Å². The van der Waals surface area contributed by atoms with Crippen molar-refractivity contribution < 1.29 is 40.1 Å². The standard InChI is InChI=1S/C10H18O8/c11-1-4-6(14)8(16)10(18-4)9-7(15)5(13)3(12)2-17-9/h3-16H,1-2H2/t3-,4-,5-,6-,7-,8-,9-,10-/m1/s1. The van der Waals surface area contributed by atoms with Crippen LogP contribution in [0.25, 0.3) is 0 Å². The Hall–Kier alpha value is -0.320. The Bertz CT molecular complexity index is 287. The van der Waals surface area contributed by atoms with E-state index in [9.17, 15) is 25.5 Å². The van der Waals surface area contributed by atoms with Gasteiger partial charge in [-0.05, 0) is 0 Å². The first kappa shape index (κ1) is 14.1. The Kier molecular flexibility index (Phi) is 4.19. The monoisotopic (exact) mass is 266 g/mol. The van der Waals surface area contributed by atoms with Crippen molar-refractivity contribution in [3.05, 3.63) is 0 Å². The molecule has 0 spiro atoms. The van der Waals surface area contributed by atoms with E-state index in [4.69, 9.17) is 14.6 Å². The molecule has 2 fully saturated rings. The van der Waals surface area contributed by atoms with Crippen molar-refractivity contribution >= 4 is 0 Å². The van der Waals surface area contributed by atoms with E-state index in [0.29, 0.717) is 0 Å². The molecule has 0 bridgehead atoms. The van der Waals surface area contributed by atoms with Gasteiger partial charge in [0.15, 0.2) is 0 Å². The first-order valence-corrected chi connectivity index (χ1v) is 5.75. The van der Waals surface area contributed by atoms with E-state index in [0.717, 1.165) is 0 Å². The fourth-order valence-electron chi connectivity index (χ4n) is 2.32. The van der Waals surface area contributed by atoms with E-state index in [1.807, 2.05) is 0 Å². The van der Waals surface area contributed by atoms with Crippen LogP contribution in [0.4, 0.5) is 0 Å². The van der Waals surface area contributed by atoms with E-state index < -0.39 is 55.4 Å². The molecule has 18 heavy (non-hydrogen) atoms. The second kappa shape index (κ2) is 5.35. The molecule has 6 N–H and O–H groups in total. The Morgan fingerprint density at radius 3 is 2.00 bits per heavy atom. The molecule has 8 heteroatoms. The maximum atomic E-state index is 9.76. The maximum Gasteiger partial charge on any atom is 0.115 e. The summed E-state index contributed by atoms with van der Waals surface area (Å²) >= 11 is 0. The van der Waals surface area contributed by atoms with Crippen LogP contribution in [0.3, 0.4) is 0 Å². The molecule has 0 saturated carbocycles. The van der Waals surface area contributed by atoms with Crippen molar-refractivity contribution in [2.24, 2.45) is 0 Å². The highest BCUT2D eigenvalue weighted by Crippen LogP contribution is 2.29. The van der Waals surface area contributed by atoms with E-state index in [-0.39, 0.29) is 6.61 Å². The highest BCUT2D eigenvalue weighted by molar-refractivity contribution is 5.00. The van der Waals surface area contributed by atoms with Crippen molar-refractivity contribution in [2.45, 2.75) is 48.8 Å². The van der Waals surface area contributed by atoms with Gasteiger partial charge >= 0.3 is 0 Å². The molecule has 0 radical (unpaired) electrons. The second-order valence-corrected chi connectivity index (χ2v) is 4.65. The number of aliphatic hydroxyl groups is 6. The summed E-state index contributed by atoms with van der Waals surface area (Å²) in [4.78, 5) is 0.